The van der Waals surface area contributed by atoms with Gasteiger partial charge in [0, 0.05) is 24.8 Å². The fraction of sp³-hybridized carbons (Fsp3) is 0.529. The Morgan fingerprint density at radius 2 is 2.17 bits per heavy atom. The van der Waals surface area contributed by atoms with Gasteiger partial charge in [0.2, 0.25) is 0 Å². The van der Waals surface area contributed by atoms with Gasteiger partial charge in [0.25, 0.3) is 5.91 Å². The SMILES string of the molecule is CCN(CC)C[C@@H]1CN(C(=O)c2occc2C)Cc2ccnn21. The Labute approximate surface area is 136 Å². The van der Waals surface area contributed by atoms with Crippen molar-refractivity contribution in [1.82, 2.24) is 19.6 Å². The van der Waals surface area contributed by atoms with Gasteiger partial charge in [-0.15, -0.1) is 0 Å². The molecule has 0 aliphatic carbocycles. The molecule has 0 radical (unpaired) electrons. The number of carbonyl (C=O) groups is 1. The molecule has 0 N–H and O–H groups in total. The number of aromatic nitrogens is 2. The molecule has 124 valence electrons. The number of amides is 1. The van der Waals surface area contributed by atoms with Crippen LogP contribution in [0.1, 0.15) is 41.7 Å². The van der Waals surface area contributed by atoms with Gasteiger partial charge < -0.3 is 14.2 Å². The van der Waals surface area contributed by atoms with Gasteiger partial charge in [0.15, 0.2) is 5.76 Å². The Morgan fingerprint density at radius 1 is 1.39 bits per heavy atom. The van der Waals surface area contributed by atoms with Gasteiger partial charge in [0.05, 0.1) is 24.5 Å². The number of likely N-dealkylation sites (N-methyl/N-ethyl adjacent to an activating group) is 1. The molecule has 0 fully saturated rings. The Morgan fingerprint density at radius 3 is 2.83 bits per heavy atom. The minimum atomic E-state index is -0.0375. The molecule has 3 heterocycles. The quantitative estimate of drug-likeness (QED) is 0.849. The van der Waals surface area contributed by atoms with Crippen LogP contribution in [0, 0.1) is 6.92 Å². The molecule has 0 saturated heterocycles. The smallest absolute Gasteiger partial charge is 0.290 e. The monoisotopic (exact) mass is 316 g/mol. The van der Waals surface area contributed by atoms with Crippen LogP contribution in [-0.2, 0) is 6.54 Å². The largest absolute Gasteiger partial charge is 0.459 e. The summed E-state index contributed by atoms with van der Waals surface area (Å²) in [5.74, 6) is 0.407. The maximum atomic E-state index is 12.8. The summed E-state index contributed by atoms with van der Waals surface area (Å²) in [6, 6.07) is 3.99. The molecule has 1 atom stereocenters. The number of aryl methyl sites for hydroxylation is 1. The van der Waals surface area contributed by atoms with Gasteiger partial charge in [0.1, 0.15) is 0 Å². The molecule has 0 aromatic carbocycles. The third-order valence-electron chi connectivity index (χ3n) is 4.59. The fourth-order valence-electron chi connectivity index (χ4n) is 3.19. The van der Waals surface area contributed by atoms with Crippen LogP contribution >= 0.6 is 0 Å². The van der Waals surface area contributed by atoms with E-state index in [4.69, 9.17) is 4.42 Å². The Balaban J connectivity index is 1.83. The molecular formula is C17H24N4O2. The lowest BCUT2D eigenvalue weighted by Gasteiger charge is -2.36. The van der Waals surface area contributed by atoms with Gasteiger partial charge >= 0.3 is 0 Å². The van der Waals surface area contributed by atoms with Crippen LogP contribution in [0.25, 0.3) is 0 Å². The molecule has 1 aliphatic rings. The van der Waals surface area contributed by atoms with Gasteiger partial charge in [-0.2, -0.15) is 5.10 Å². The molecule has 2 aromatic rings. The summed E-state index contributed by atoms with van der Waals surface area (Å²) in [5, 5.41) is 4.46. The van der Waals surface area contributed by atoms with E-state index in [-0.39, 0.29) is 11.9 Å². The standard InChI is InChI=1S/C17H24N4O2/c1-4-19(5-2)10-15-12-20(11-14-6-8-18-21(14)15)17(22)16-13(3)7-9-23-16/h6-9,15H,4-5,10-12H2,1-3H3/t15-/m1/s1. The molecule has 23 heavy (non-hydrogen) atoms. The summed E-state index contributed by atoms with van der Waals surface area (Å²) in [7, 11) is 0. The van der Waals surface area contributed by atoms with Crippen molar-refractivity contribution in [3.05, 3.63) is 41.6 Å². The van der Waals surface area contributed by atoms with Crippen molar-refractivity contribution in [2.75, 3.05) is 26.2 Å². The van der Waals surface area contributed by atoms with E-state index in [0.29, 0.717) is 18.8 Å². The molecule has 1 aliphatic heterocycles. The lowest BCUT2D eigenvalue weighted by molar-refractivity contribution is 0.0610. The average molecular weight is 316 g/mol. The fourth-order valence-corrected chi connectivity index (χ4v) is 3.19. The zero-order chi connectivity index (χ0) is 16.4. The first kappa shape index (κ1) is 15.8. The van der Waals surface area contributed by atoms with Crippen molar-refractivity contribution in [2.24, 2.45) is 0 Å². The summed E-state index contributed by atoms with van der Waals surface area (Å²) in [6.07, 6.45) is 3.39. The average Bonchev–Trinajstić information content (AvgIpc) is 3.20. The molecule has 6 nitrogen and oxygen atoms in total. The van der Waals surface area contributed by atoms with E-state index < -0.39 is 0 Å². The maximum absolute atomic E-state index is 12.8. The van der Waals surface area contributed by atoms with Gasteiger partial charge in [-0.3, -0.25) is 9.48 Å². The summed E-state index contributed by atoms with van der Waals surface area (Å²) in [6.45, 7) is 10.3. The minimum Gasteiger partial charge on any atom is -0.459 e. The summed E-state index contributed by atoms with van der Waals surface area (Å²) < 4.78 is 7.45. The zero-order valence-electron chi connectivity index (χ0n) is 14.0. The van der Waals surface area contributed by atoms with Gasteiger partial charge in [-0.05, 0) is 32.1 Å². The van der Waals surface area contributed by atoms with E-state index in [1.54, 1.807) is 6.26 Å². The van der Waals surface area contributed by atoms with Crippen molar-refractivity contribution in [3.63, 3.8) is 0 Å². The predicted octanol–water partition coefficient (Wildman–Crippen LogP) is 2.32. The number of carbonyl (C=O) groups excluding carboxylic acids is 1. The van der Waals surface area contributed by atoms with Crippen molar-refractivity contribution >= 4 is 5.91 Å². The van der Waals surface area contributed by atoms with Crippen LogP contribution in [0.3, 0.4) is 0 Å². The van der Waals surface area contributed by atoms with E-state index in [2.05, 4.69) is 28.5 Å². The number of fused-ring (bicyclic) bond motifs is 1. The first-order valence-corrected chi connectivity index (χ1v) is 8.22. The highest BCUT2D eigenvalue weighted by Gasteiger charge is 2.31. The number of hydrogen-bond acceptors (Lipinski definition) is 4. The van der Waals surface area contributed by atoms with Crippen LogP contribution in [0.4, 0.5) is 0 Å². The molecule has 0 spiro atoms. The number of rotatable bonds is 5. The first-order valence-electron chi connectivity index (χ1n) is 8.22. The Bertz CT molecular complexity index is 672. The normalized spacial score (nSPS) is 17.6. The molecule has 0 unspecified atom stereocenters. The lowest BCUT2D eigenvalue weighted by Crippen LogP contribution is -2.45. The van der Waals surface area contributed by atoms with Crippen molar-refractivity contribution in [3.8, 4) is 0 Å². The minimum absolute atomic E-state index is 0.0375. The molecule has 6 heteroatoms. The zero-order valence-corrected chi connectivity index (χ0v) is 14.0. The first-order chi connectivity index (χ1) is 11.1. The topological polar surface area (TPSA) is 54.5 Å². The molecule has 1 amide bonds. The second-order valence-electron chi connectivity index (χ2n) is 6.03. The van der Waals surface area contributed by atoms with E-state index in [0.717, 1.165) is 30.9 Å². The van der Waals surface area contributed by atoms with Crippen LogP contribution in [0.2, 0.25) is 0 Å². The van der Waals surface area contributed by atoms with Crippen molar-refractivity contribution in [1.29, 1.82) is 0 Å². The molecule has 3 rings (SSSR count). The van der Waals surface area contributed by atoms with Crippen LogP contribution in [0.5, 0.6) is 0 Å². The third kappa shape index (κ3) is 3.03. The van der Waals surface area contributed by atoms with Crippen molar-refractivity contribution in [2.45, 2.75) is 33.4 Å². The van der Waals surface area contributed by atoms with E-state index in [9.17, 15) is 4.79 Å². The van der Waals surface area contributed by atoms with Gasteiger partial charge in [-0.25, -0.2) is 0 Å². The summed E-state index contributed by atoms with van der Waals surface area (Å²) in [4.78, 5) is 17.0. The number of furan rings is 1. The maximum Gasteiger partial charge on any atom is 0.290 e. The molecular weight excluding hydrogens is 292 g/mol. The van der Waals surface area contributed by atoms with Crippen LogP contribution in [0.15, 0.2) is 29.0 Å². The summed E-state index contributed by atoms with van der Waals surface area (Å²) in [5.41, 5.74) is 1.96. The second kappa shape index (κ2) is 6.58. The third-order valence-corrected chi connectivity index (χ3v) is 4.59. The van der Waals surface area contributed by atoms with Gasteiger partial charge in [-0.1, -0.05) is 13.8 Å². The predicted molar refractivity (Wildman–Crippen MR) is 87.2 cm³/mol. The molecule has 0 saturated carbocycles. The van der Waals surface area contributed by atoms with Crippen LogP contribution in [-0.4, -0.2) is 51.7 Å². The highest BCUT2D eigenvalue weighted by atomic mass is 16.3. The van der Waals surface area contributed by atoms with Crippen molar-refractivity contribution < 1.29 is 9.21 Å². The Kier molecular flexibility index (Phi) is 4.52. The lowest BCUT2D eigenvalue weighted by atomic mass is 10.1. The van der Waals surface area contributed by atoms with E-state index >= 15 is 0 Å². The molecule has 2 aromatic heterocycles. The Hall–Kier alpha value is -2.08. The highest BCUT2D eigenvalue weighted by molar-refractivity contribution is 5.92. The van der Waals surface area contributed by atoms with E-state index in [1.165, 1.54) is 0 Å². The highest BCUT2D eigenvalue weighted by Crippen LogP contribution is 2.24. The molecule has 0 bridgehead atoms. The van der Waals surface area contributed by atoms with E-state index in [1.807, 2.05) is 30.2 Å². The van der Waals surface area contributed by atoms with Crippen LogP contribution < -0.4 is 0 Å². The second-order valence-corrected chi connectivity index (χ2v) is 6.03. The summed E-state index contributed by atoms with van der Waals surface area (Å²) >= 11 is 0. The number of hydrogen-bond donors (Lipinski definition) is 0. The number of nitrogens with zero attached hydrogens (tertiary/aromatic N) is 4.